The highest BCUT2D eigenvalue weighted by Gasteiger charge is 2.47. The Kier molecular flexibility index (Phi) is 5.37. The monoisotopic (exact) mass is 397 g/mol. The molecule has 1 spiro atoms. The molecule has 2 saturated carbocycles. The van der Waals surface area contributed by atoms with Crippen LogP contribution in [-0.4, -0.2) is 28.2 Å². The lowest BCUT2D eigenvalue weighted by molar-refractivity contribution is 0.0468. The molecule has 0 bridgehead atoms. The lowest BCUT2D eigenvalue weighted by Gasteiger charge is -2.37. The summed E-state index contributed by atoms with van der Waals surface area (Å²) in [7, 11) is 1.81. The fraction of sp³-hybridized carbons (Fsp3) is 0.625. The van der Waals surface area contributed by atoms with Crippen LogP contribution in [-0.2, 0) is 22.5 Å². The number of benzene rings is 1. The number of fused-ring (bicyclic) bond motifs is 1. The van der Waals surface area contributed by atoms with E-state index in [2.05, 4.69) is 30.0 Å². The van der Waals surface area contributed by atoms with E-state index < -0.39 is 11.4 Å². The van der Waals surface area contributed by atoms with Crippen molar-refractivity contribution in [2.45, 2.75) is 76.6 Å². The Labute approximate surface area is 172 Å². The molecule has 0 aromatic heterocycles. The maximum atomic E-state index is 13.0. The molecular weight excluding hydrogens is 366 g/mol. The van der Waals surface area contributed by atoms with Gasteiger partial charge in [-0.1, -0.05) is 22.3 Å². The van der Waals surface area contributed by atoms with Crippen molar-refractivity contribution < 1.29 is 9.29 Å². The molecule has 3 aliphatic rings. The second-order valence-corrected chi connectivity index (χ2v) is 11.5. The fourth-order valence-electron chi connectivity index (χ4n) is 4.33. The van der Waals surface area contributed by atoms with Gasteiger partial charge in [0.05, 0.1) is 6.10 Å². The van der Waals surface area contributed by atoms with E-state index in [0.717, 1.165) is 43.4 Å². The Bertz CT molecular complexity index is 830. The van der Waals surface area contributed by atoms with Gasteiger partial charge in [0.15, 0.2) is 0 Å². The van der Waals surface area contributed by atoms with E-state index in [1.165, 1.54) is 24.0 Å². The van der Waals surface area contributed by atoms with Crippen LogP contribution in [0.4, 0.5) is 0 Å². The molecule has 1 unspecified atom stereocenters. The van der Waals surface area contributed by atoms with E-state index in [9.17, 15) is 4.55 Å². The SMILES string of the molecule is CO[C@H]1CC[C@]2(CC1)Cc1ccc(C#CC3CC3)cc1C2=N[S+]([O-])C(C)(C)C. The first-order valence-corrected chi connectivity index (χ1v) is 11.6. The first-order chi connectivity index (χ1) is 13.3. The summed E-state index contributed by atoms with van der Waals surface area (Å²) in [6, 6.07) is 6.56. The van der Waals surface area contributed by atoms with Gasteiger partial charge in [0, 0.05) is 29.6 Å². The Balaban J connectivity index is 1.72. The summed E-state index contributed by atoms with van der Waals surface area (Å²) >= 11 is -1.26. The molecule has 3 nitrogen and oxygen atoms in total. The van der Waals surface area contributed by atoms with Crippen LogP contribution in [0.2, 0.25) is 0 Å². The standard InChI is InChI=1S/C24H31NO2S/c1-23(2,3)28(26)25-22-21-15-18(8-7-17-5-6-17)9-10-19(21)16-24(22)13-11-20(27-4)12-14-24/h9-10,15,17,20H,5-6,11-14,16H2,1-4H3/t20-,24-,28?. The van der Waals surface area contributed by atoms with Crippen molar-refractivity contribution in [1.82, 2.24) is 0 Å². The molecule has 0 aliphatic heterocycles. The molecular formula is C24H31NO2S. The maximum absolute atomic E-state index is 13.0. The molecule has 4 rings (SSSR count). The zero-order valence-electron chi connectivity index (χ0n) is 17.5. The van der Waals surface area contributed by atoms with Crippen LogP contribution in [0.5, 0.6) is 0 Å². The second kappa shape index (κ2) is 7.52. The molecule has 1 atom stereocenters. The third-order valence-electron chi connectivity index (χ3n) is 6.32. The minimum atomic E-state index is -1.26. The van der Waals surface area contributed by atoms with Crippen molar-refractivity contribution >= 4 is 17.1 Å². The van der Waals surface area contributed by atoms with Gasteiger partial charge in [0.2, 0.25) is 0 Å². The van der Waals surface area contributed by atoms with Crippen LogP contribution in [0.25, 0.3) is 0 Å². The summed E-state index contributed by atoms with van der Waals surface area (Å²) in [6.45, 7) is 5.99. The molecule has 0 saturated heterocycles. The third-order valence-corrected chi connectivity index (χ3v) is 7.71. The first kappa shape index (κ1) is 20.0. The number of rotatable bonds is 2. The van der Waals surface area contributed by atoms with Gasteiger partial charge < -0.3 is 9.29 Å². The first-order valence-electron chi connectivity index (χ1n) is 10.5. The highest BCUT2D eigenvalue weighted by Crippen LogP contribution is 2.49. The van der Waals surface area contributed by atoms with Gasteiger partial charge in [-0.25, -0.2) is 0 Å². The summed E-state index contributed by atoms with van der Waals surface area (Å²) in [5.41, 5.74) is 4.62. The highest BCUT2D eigenvalue weighted by atomic mass is 32.2. The molecule has 0 N–H and O–H groups in total. The molecule has 28 heavy (non-hydrogen) atoms. The summed E-state index contributed by atoms with van der Waals surface area (Å²) < 4.78 is 23.1. The fourth-order valence-corrected chi connectivity index (χ4v) is 5.07. The van der Waals surface area contributed by atoms with Crippen LogP contribution < -0.4 is 0 Å². The Morgan fingerprint density at radius 1 is 1.18 bits per heavy atom. The van der Waals surface area contributed by atoms with Gasteiger partial charge in [0.25, 0.3) is 0 Å². The van der Waals surface area contributed by atoms with Gasteiger partial charge >= 0.3 is 0 Å². The van der Waals surface area contributed by atoms with Crippen molar-refractivity contribution in [3.63, 3.8) is 0 Å². The van der Waals surface area contributed by atoms with Crippen molar-refractivity contribution in [2.75, 3.05) is 7.11 Å². The molecule has 1 aromatic rings. The van der Waals surface area contributed by atoms with Crippen LogP contribution in [0, 0.1) is 23.2 Å². The number of hydrogen-bond donors (Lipinski definition) is 0. The number of ether oxygens (including phenoxy) is 1. The van der Waals surface area contributed by atoms with E-state index in [1.807, 2.05) is 20.8 Å². The lowest BCUT2D eigenvalue weighted by atomic mass is 9.70. The van der Waals surface area contributed by atoms with E-state index in [4.69, 9.17) is 9.13 Å². The molecule has 3 aliphatic carbocycles. The number of nitrogens with zero attached hydrogens (tertiary/aromatic N) is 1. The van der Waals surface area contributed by atoms with E-state index in [0.29, 0.717) is 12.0 Å². The zero-order valence-corrected chi connectivity index (χ0v) is 18.3. The Hall–Kier alpha value is -1.28. The molecule has 4 heteroatoms. The zero-order chi connectivity index (χ0) is 19.9. The Morgan fingerprint density at radius 2 is 1.89 bits per heavy atom. The number of methoxy groups -OCH3 is 1. The van der Waals surface area contributed by atoms with Crippen LogP contribution >= 0.6 is 0 Å². The minimum absolute atomic E-state index is 0.000811. The summed E-state index contributed by atoms with van der Waals surface area (Å²) in [6.07, 6.45) is 7.98. The third kappa shape index (κ3) is 4.03. The molecule has 0 heterocycles. The molecule has 0 radical (unpaired) electrons. The van der Waals surface area contributed by atoms with Gasteiger partial charge in [-0.2, -0.15) is 0 Å². The predicted octanol–water partition coefficient (Wildman–Crippen LogP) is 4.83. The van der Waals surface area contributed by atoms with Gasteiger partial charge in [-0.3, -0.25) is 0 Å². The van der Waals surface area contributed by atoms with Crippen molar-refractivity contribution in [2.24, 2.45) is 15.7 Å². The summed E-state index contributed by atoms with van der Waals surface area (Å²) in [4.78, 5) is 0. The molecule has 150 valence electrons. The maximum Gasteiger partial charge on any atom is 0.144 e. The van der Waals surface area contributed by atoms with Crippen LogP contribution in [0.1, 0.15) is 76.0 Å². The average Bonchev–Trinajstić information content (AvgIpc) is 3.45. The second-order valence-electron chi connectivity index (χ2n) is 9.61. The van der Waals surface area contributed by atoms with Crippen molar-refractivity contribution in [1.29, 1.82) is 0 Å². The average molecular weight is 398 g/mol. The lowest BCUT2D eigenvalue weighted by Crippen LogP contribution is -2.37. The topological polar surface area (TPSA) is 44.6 Å². The van der Waals surface area contributed by atoms with Crippen molar-refractivity contribution in [3.8, 4) is 11.8 Å². The predicted molar refractivity (Wildman–Crippen MR) is 116 cm³/mol. The van der Waals surface area contributed by atoms with Crippen LogP contribution in [0.3, 0.4) is 0 Å². The Morgan fingerprint density at radius 3 is 2.50 bits per heavy atom. The quantitative estimate of drug-likeness (QED) is 0.530. The van der Waals surface area contributed by atoms with Gasteiger partial charge in [-0.15, -0.1) is 0 Å². The van der Waals surface area contributed by atoms with Gasteiger partial charge in [0.1, 0.15) is 21.8 Å². The summed E-state index contributed by atoms with van der Waals surface area (Å²) in [5, 5.41) is 0. The highest BCUT2D eigenvalue weighted by molar-refractivity contribution is 7.91. The summed E-state index contributed by atoms with van der Waals surface area (Å²) in [5.74, 6) is 7.30. The van der Waals surface area contributed by atoms with Crippen molar-refractivity contribution in [3.05, 3.63) is 34.9 Å². The number of hydrogen-bond acceptors (Lipinski definition) is 3. The molecule has 2 fully saturated rings. The van der Waals surface area contributed by atoms with Gasteiger partial charge in [-0.05, 0) is 83.4 Å². The smallest absolute Gasteiger partial charge is 0.144 e. The van der Waals surface area contributed by atoms with E-state index >= 15 is 0 Å². The molecule has 1 aromatic carbocycles. The normalized spacial score (nSPS) is 29.5. The minimum Gasteiger partial charge on any atom is -0.591 e. The molecule has 0 amide bonds. The van der Waals surface area contributed by atoms with E-state index in [-0.39, 0.29) is 10.2 Å². The van der Waals surface area contributed by atoms with Crippen LogP contribution in [0.15, 0.2) is 22.6 Å². The largest absolute Gasteiger partial charge is 0.591 e. The van der Waals surface area contributed by atoms with E-state index in [1.54, 1.807) is 7.11 Å².